The number of aryl methyl sites for hydroxylation is 1. The maximum Gasteiger partial charge on any atom is 0.170 e. The lowest BCUT2D eigenvalue weighted by molar-refractivity contribution is -0.116. The van der Waals surface area contributed by atoms with Crippen LogP contribution in [0.3, 0.4) is 0 Å². The van der Waals surface area contributed by atoms with Gasteiger partial charge in [0.25, 0.3) is 0 Å². The van der Waals surface area contributed by atoms with E-state index in [-0.39, 0.29) is 18.0 Å². The summed E-state index contributed by atoms with van der Waals surface area (Å²) >= 11 is 0. The predicted octanol–water partition coefficient (Wildman–Crippen LogP) is 3.31. The van der Waals surface area contributed by atoms with Crippen LogP contribution in [0.2, 0.25) is 0 Å². The van der Waals surface area contributed by atoms with Crippen LogP contribution in [0, 0.1) is 6.92 Å². The molecule has 0 amide bonds. The number of hydrogen-bond donors (Lipinski definition) is 0. The average Bonchev–Trinajstić information content (AvgIpc) is 2.29. The largest absolute Gasteiger partial charge is 0.300 e. The highest BCUT2D eigenvalue weighted by Gasteiger charge is 2.12. The highest BCUT2D eigenvalue weighted by molar-refractivity contribution is 6.14. The Morgan fingerprint density at radius 1 is 1.00 bits per heavy atom. The van der Waals surface area contributed by atoms with Crippen LogP contribution in [0.5, 0.6) is 0 Å². The monoisotopic (exact) mass is 226 g/mol. The Kier molecular flexibility index (Phi) is 3.05. The third-order valence-electron chi connectivity index (χ3n) is 2.85. The van der Waals surface area contributed by atoms with Crippen molar-refractivity contribution in [3.63, 3.8) is 0 Å². The van der Waals surface area contributed by atoms with Gasteiger partial charge in [-0.15, -0.1) is 0 Å². The molecule has 2 aromatic rings. The van der Waals surface area contributed by atoms with E-state index in [1.165, 1.54) is 6.92 Å². The highest BCUT2D eigenvalue weighted by atomic mass is 16.1. The topological polar surface area (TPSA) is 34.1 Å². The van der Waals surface area contributed by atoms with Crippen LogP contribution >= 0.6 is 0 Å². The summed E-state index contributed by atoms with van der Waals surface area (Å²) in [5, 5.41) is 2.00. The molecule has 0 bridgehead atoms. The number of rotatable bonds is 3. The Morgan fingerprint density at radius 3 is 2.29 bits per heavy atom. The van der Waals surface area contributed by atoms with Gasteiger partial charge < -0.3 is 0 Å². The average molecular weight is 226 g/mol. The summed E-state index contributed by atoms with van der Waals surface area (Å²) in [7, 11) is 0. The van der Waals surface area contributed by atoms with Gasteiger partial charge in [-0.05, 0) is 30.2 Å². The van der Waals surface area contributed by atoms with E-state index in [0.717, 1.165) is 16.3 Å². The molecule has 0 aliphatic rings. The van der Waals surface area contributed by atoms with Gasteiger partial charge in [0.15, 0.2) is 5.78 Å². The maximum absolute atomic E-state index is 12.0. The van der Waals surface area contributed by atoms with E-state index < -0.39 is 0 Å². The van der Waals surface area contributed by atoms with Crippen molar-refractivity contribution in [2.24, 2.45) is 0 Å². The van der Waals surface area contributed by atoms with E-state index in [1.807, 2.05) is 43.3 Å². The lowest BCUT2D eigenvalue weighted by Gasteiger charge is -2.07. The Balaban J connectivity index is 2.59. The zero-order valence-corrected chi connectivity index (χ0v) is 9.99. The molecule has 2 rings (SSSR count). The van der Waals surface area contributed by atoms with Crippen LogP contribution < -0.4 is 0 Å². The van der Waals surface area contributed by atoms with Gasteiger partial charge in [0.05, 0.1) is 6.42 Å². The first-order valence-corrected chi connectivity index (χ1v) is 5.60. The van der Waals surface area contributed by atoms with Gasteiger partial charge in [-0.2, -0.15) is 0 Å². The molecular weight excluding hydrogens is 212 g/mol. The van der Waals surface area contributed by atoms with E-state index in [9.17, 15) is 9.59 Å². The molecule has 2 aromatic carbocycles. The molecule has 0 saturated heterocycles. The molecule has 0 aliphatic carbocycles. The first-order chi connectivity index (χ1) is 8.09. The zero-order valence-electron chi connectivity index (χ0n) is 9.99. The van der Waals surface area contributed by atoms with Gasteiger partial charge >= 0.3 is 0 Å². The first kappa shape index (κ1) is 11.5. The predicted molar refractivity (Wildman–Crippen MR) is 68.3 cm³/mol. The third kappa shape index (κ3) is 2.26. The van der Waals surface area contributed by atoms with Crippen molar-refractivity contribution in [3.05, 3.63) is 47.5 Å². The quantitative estimate of drug-likeness (QED) is 0.594. The highest BCUT2D eigenvalue weighted by Crippen LogP contribution is 2.23. The summed E-state index contributed by atoms with van der Waals surface area (Å²) in [4.78, 5) is 23.0. The summed E-state index contributed by atoms with van der Waals surface area (Å²) in [6.07, 6.45) is -0.0208. The second-order valence-electron chi connectivity index (χ2n) is 4.28. The van der Waals surface area contributed by atoms with Crippen molar-refractivity contribution in [1.29, 1.82) is 0 Å². The molecule has 0 atom stereocenters. The number of carbonyl (C=O) groups is 2. The lowest BCUT2D eigenvalue weighted by Crippen LogP contribution is -2.05. The van der Waals surface area contributed by atoms with Crippen molar-refractivity contribution in [1.82, 2.24) is 0 Å². The van der Waals surface area contributed by atoms with Crippen LogP contribution in [-0.2, 0) is 4.79 Å². The van der Waals surface area contributed by atoms with Crippen LogP contribution in [0.4, 0.5) is 0 Å². The van der Waals surface area contributed by atoms with Crippen molar-refractivity contribution in [2.75, 3.05) is 0 Å². The Morgan fingerprint density at radius 2 is 1.65 bits per heavy atom. The minimum Gasteiger partial charge on any atom is -0.300 e. The van der Waals surface area contributed by atoms with Gasteiger partial charge in [-0.25, -0.2) is 0 Å². The fourth-order valence-electron chi connectivity index (χ4n) is 2.01. The van der Waals surface area contributed by atoms with Crippen LogP contribution in [0.25, 0.3) is 10.8 Å². The molecule has 0 spiro atoms. The minimum absolute atomic E-state index is 0.0208. The Hall–Kier alpha value is -1.96. The summed E-state index contributed by atoms with van der Waals surface area (Å²) in [6, 6.07) is 11.5. The summed E-state index contributed by atoms with van der Waals surface area (Å²) in [6.45, 7) is 3.45. The Bertz CT molecular complexity index is 597. The first-order valence-electron chi connectivity index (χ1n) is 5.60. The normalized spacial score (nSPS) is 10.5. The number of Topliss-reactive ketones (excluding diaryl/α,β-unsaturated/α-hetero) is 2. The second kappa shape index (κ2) is 4.50. The third-order valence-corrected chi connectivity index (χ3v) is 2.85. The van der Waals surface area contributed by atoms with Gasteiger partial charge in [-0.3, -0.25) is 9.59 Å². The molecule has 0 fully saturated rings. The number of benzene rings is 2. The summed E-state index contributed by atoms with van der Waals surface area (Å²) < 4.78 is 0. The molecule has 2 heteroatoms. The molecule has 0 radical (unpaired) electrons. The van der Waals surface area contributed by atoms with Crippen LogP contribution in [-0.4, -0.2) is 11.6 Å². The maximum atomic E-state index is 12.0. The van der Waals surface area contributed by atoms with Crippen molar-refractivity contribution in [3.8, 4) is 0 Å². The fraction of sp³-hybridized carbons (Fsp3) is 0.200. The molecule has 0 aliphatic heterocycles. The number of ketones is 2. The molecule has 0 heterocycles. The van der Waals surface area contributed by atoms with Crippen molar-refractivity contribution >= 4 is 22.3 Å². The van der Waals surface area contributed by atoms with Gasteiger partial charge in [0.2, 0.25) is 0 Å². The van der Waals surface area contributed by atoms with Crippen LogP contribution in [0.1, 0.15) is 29.3 Å². The van der Waals surface area contributed by atoms with Gasteiger partial charge in [-0.1, -0.05) is 36.4 Å². The van der Waals surface area contributed by atoms with Crippen molar-refractivity contribution in [2.45, 2.75) is 20.3 Å². The molecule has 0 unspecified atom stereocenters. The smallest absolute Gasteiger partial charge is 0.170 e. The van der Waals surface area contributed by atoms with Crippen molar-refractivity contribution < 1.29 is 9.59 Å². The SMILES string of the molecule is CC(=O)CC(=O)c1ccc(C)c2ccccc12. The number of carbonyl (C=O) groups excluding carboxylic acids is 2. The molecule has 0 aromatic heterocycles. The summed E-state index contributed by atoms with van der Waals surface area (Å²) in [5.74, 6) is -0.201. The molecule has 17 heavy (non-hydrogen) atoms. The molecule has 86 valence electrons. The van der Waals surface area contributed by atoms with E-state index in [1.54, 1.807) is 0 Å². The lowest BCUT2D eigenvalue weighted by atomic mass is 9.96. The standard InChI is InChI=1S/C15H14O2/c1-10-7-8-14(15(17)9-11(2)16)13-6-4-3-5-12(10)13/h3-8H,9H2,1-2H3. The van der Waals surface area contributed by atoms with E-state index in [0.29, 0.717) is 5.56 Å². The van der Waals surface area contributed by atoms with Crippen LogP contribution in [0.15, 0.2) is 36.4 Å². The van der Waals surface area contributed by atoms with E-state index in [2.05, 4.69) is 0 Å². The summed E-state index contributed by atoms with van der Waals surface area (Å²) in [5.41, 5.74) is 1.78. The Labute approximate surface area is 100 Å². The number of fused-ring (bicyclic) bond motifs is 1. The number of hydrogen-bond acceptors (Lipinski definition) is 2. The molecule has 2 nitrogen and oxygen atoms in total. The fourth-order valence-corrected chi connectivity index (χ4v) is 2.01. The van der Waals surface area contributed by atoms with E-state index in [4.69, 9.17) is 0 Å². The van der Waals surface area contributed by atoms with Gasteiger partial charge in [0, 0.05) is 5.56 Å². The second-order valence-corrected chi connectivity index (χ2v) is 4.28. The molecule has 0 N–H and O–H groups in total. The van der Waals surface area contributed by atoms with E-state index >= 15 is 0 Å². The zero-order chi connectivity index (χ0) is 12.4. The molecule has 0 saturated carbocycles. The van der Waals surface area contributed by atoms with Gasteiger partial charge in [0.1, 0.15) is 5.78 Å². The minimum atomic E-state index is -0.103. The molecular formula is C15H14O2.